The molecule has 9 nitrogen and oxygen atoms in total. The molecule has 0 saturated carbocycles. The molecule has 1 aromatic carbocycles. The van der Waals surface area contributed by atoms with E-state index in [1.807, 2.05) is 0 Å². The van der Waals surface area contributed by atoms with Crippen LogP contribution < -0.4 is 5.32 Å². The Labute approximate surface area is 170 Å². The number of amides is 1. The van der Waals surface area contributed by atoms with Gasteiger partial charge in [0.15, 0.2) is 11.9 Å². The summed E-state index contributed by atoms with van der Waals surface area (Å²) in [5, 5.41) is 6.55. The van der Waals surface area contributed by atoms with Crippen LogP contribution >= 0.6 is 0 Å². The summed E-state index contributed by atoms with van der Waals surface area (Å²) in [7, 11) is 0. The number of rotatable bonds is 6. The Morgan fingerprint density at radius 1 is 1.10 bits per heavy atom. The number of carbonyl (C=O) groups excluding carboxylic acids is 2. The van der Waals surface area contributed by atoms with Gasteiger partial charge in [-0.05, 0) is 55.5 Å². The van der Waals surface area contributed by atoms with E-state index in [4.69, 9.17) is 13.7 Å². The monoisotopic (exact) mass is 404 g/mol. The first-order valence-electron chi connectivity index (χ1n) is 9.00. The van der Waals surface area contributed by atoms with Crippen molar-refractivity contribution in [3.05, 3.63) is 84.4 Å². The van der Waals surface area contributed by atoms with E-state index in [2.05, 4.69) is 20.4 Å². The van der Waals surface area contributed by atoms with E-state index in [1.54, 1.807) is 67.8 Å². The van der Waals surface area contributed by atoms with Crippen molar-refractivity contribution >= 4 is 17.6 Å². The van der Waals surface area contributed by atoms with Crippen molar-refractivity contribution in [3.63, 3.8) is 0 Å². The molecule has 1 N–H and O–H groups in total. The Hall–Kier alpha value is -4.27. The van der Waals surface area contributed by atoms with Gasteiger partial charge in [0.25, 0.3) is 11.8 Å². The van der Waals surface area contributed by atoms with Crippen LogP contribution in [0.15, 0.2) is 76.1 Å². The molecule has 1 atom stereocenters. The van der Waals surface area contributed by atoms with Crippen LogP contribution in [0, 0.1) is 0 Å². The number of benzene rings is 1. The zero-order valence-electron chi connectivity index (χ0n) is 15.8. The molecule has 0 unspecified atom stereocenters. The van der Waals surface area contributed by atoms with Crippen molar-refractivity contribution in [1.82, 2.24) is 15.1 Å². The van der Waals surface area contributed by atoms with Gasteiger partial charge in [-0.1, -0.05) is 5.16 Å². The van der Waals surface area contributed by atoms with E-state index in [9.17, 15) is 9.59 Å². The van der Waals surface area contributed by atoms with Gasteiger partial charge in [0.05, 0.1) is 11.8 Å². The lowest BCUT2D eigenvalue weighted by Crippen LogP contribution is -2.12. The maximum atomic E-state index is 12.4. The van der Waals surface area contributed by atoms with Crippen LogP contribution in [-0.2, 0) is 4.74 Å². The minimum Gasteiger partial charge on any atom is -0.459 e. The number of hydrogen-bond donors (Lipinski definition) is 1. The minimum absolute atomic E-state index is 0.171. The Bertz CT molecular complexity index is 1140. The number of ether oxygens (including phenoxy) is 1. The summed E-state index contributed by atoms with van der Waals surface area (Å²) in [6.45, 7) is 1.64. The van der Waals surface area contributed by atoms with Gasteiger partial charge in [-0.2, -0.15) is 4.98 Å². The molecule has 1 amide bonds. The number of aromatic nitrogens is 3. The lowest BCUT2D eigenvalue weighted by atomic mass is 10.2. The second-order valence-electron chi connectivity index (χ2n) is 6.25. The smallest absolute Gasteiger partial charge is 0.338 e. The van der Waals surface area contributed by atoms with Crippen molar-refractivity contribution in [3.8, 4) is 11.4 Å². The third-order valence-electron chi connectivity index (χ3n) is 4.12. The van der Waals surface area contributed by atoms with Crippen LogP contribution in [0.4, 0.5) is 5.69 Å². The van der Waals surface area contributed by atoms with Gasteiger partial charge in [-0.25, -0.2) is 4.79 Å². The number of anilines is 1. The van der Waals surface area contributed by atoms with Gasteiger partial charge in [0.2, 0.25) is 5.82 Å². The Balaban J connectivity index is 1.38. The summed E-state index contributed by atoms with van der Waals surface area (Å²) in [5.74, 6) is -0.225. The van der Waals surface area contributed by atoms with Gasteiger partial charge in [-0.15, -0.1) is 0 Å². The molecule has 30 heavy (non-hydrogen) atoms. The maximum Gasteiger partial charge on any atom is 0.338 e. The highest BCUT2D eigenvalue weighted by Gasteiger charge is 2.20. The zero-order valence-corrected chi connectivity index (χ0v) is 15.8. The molecule has 150 valence electrons. The lowest BCUT2D eigenvalue weighted by Gasteiger charge is -2.09. The van der Waals surface area contributed by atoms with E-state index in [0.717, 1.165) is 0 Å². The quantitative estimate of drug-likeness (QED) is 0.481. The van der Waals surface area contributed by atoms with Crippen LogP contribution in [0.25, 0.3) is 11.4 Å². The van der Waals surface area contributed by atoms with E-state index < -0.39 is 12.1 Å². The molecule has 4 aromatic rings. The molecule has 4 rings (SSSR count). The average Bonchev–Trinajstić information content (AvgIpc) is 3.47. The van der Waals surface area contributed by atoms with Gasteiger partial charge in [-0.3, -0.25) is 9.78 Å². The van der Waals surface area contributed by atoms with Crippen LogP contribution in [0.2, 0.25) is 0 Å². The number of pyridine rings is 1. The molecule has 0 aliphatic rings. The Morgan fingerprint density at radius 3 is 2.63 bits per heavy atom. The van der Waals surface area contributed by atoms with Crippen molar-refractivity contribution in [2.45, 2.75) is 13.0 Å². The molecule has 0 bridgehead atoms. The molecule has 0 fully saturated rings. The molecule has 3 aromatic heterocycles. The number of nitrogens with one attached hydrogen (secondary N) is 1. The first kappa shape index (κ1) is 19.1. The summed E-state index contributed by atoms with van der Waals surface area (Å²) in [6, 6.07) is 13.0. The van der Waals surface area contributed by atoms with Crippen molar-refractivity contribution in [2.75, 3.05) is 5.32 Å². The number of furan rings is 1. The van der Waals surface area contributed by atoms with Crippen LogP contribution in [0.1, 0.15) is 39.8 Å². The molecule has 0 aliphatic heterocycles. The first-order chi connectivity index (χ1) is 14.6. The third-order valence-corrected chi connectivity index (χ3v) is 4.12. The lowest BCUT2D eigenvalue weighted by molar-refractivity contribution is 0.0265. The van der Waals surface area contributed by atoms with Gasteiger partial charge in [0, 0.05) is 23.6 Å². The van der Waals surface area contributed by atoms with Crippen molar-refractivity contribution in [1.29, 1.82) is 0 Å². The normalized spacial score (nSPS) is 11.6. The van der Waals surface area contributed by atoms with Crippen LogP contribution in [0.3, 0.4) is 0 Å². The van der Waals surface area contributed by atoms with Crippen LogP contribution in [-0.4, -0.2) is 27.0 Å². The molecule has 0 spiro atoms. The molecule has 0 aliphatic carbocycles. The molecule has 3 heterocycles. The fraction of sp³-hybridized carbons (Fsp3) is 0.0952. The average molecular weight is 404 g/mol. The third kappa shape index (κ3) is 4.25. The minimum atomic E-state index is -0.742. The second kappa shape index (κ2) is 8.39. The number of nitrogens with zero attached hydrogens (tertiary/aromatic N) is 3. The predicted octanol–water partition coefficient (Wildman–Crippen LogP) is 3.89. The van der Waals surface area contributed by atoms with Gasteiger partial charge >= 0.3 is 5.97 Å². The van der Waals surface area contributed by atoms with Gasteiger partial charge in [0.1, 0.15) is 0 Å². The van der Waals surface area contributed by atoms with Crippen molar-refractivity contribution < 1.29 is 23.3 Å². The summed E-state index contributed by atoms with van der Waals surface area (Å²) >= 11 is 0. The highest BCUT2D eigenvalue weighted by Crippen LogP contribution is 2.21. The first-order valence-corrected chi connectivity index (χ1v) is 9.00. The van der Waals surface area contributed by atoms with E-state index in [0.29, 0.717) is 22.6 Å². The molecule has 0 radical (unpaired) electrons. The predicted molar refractivity (Wildman–Crippen MR) is 104 cm³/mol. The van der Waals surface area contributed by atoms with Gasteiger partial charge < -0.3 is 19.0 Å². The van der Waals surface area contributed by atoms with E-state index in [1.165, 1.54) is 6.26 Å². The Kier molecular flexibility index (Phi) is 5.33. The Morgan fingerprint density at radius 2 is 1.93 bits per heavy atom. The molecule has 9 heteroatoms. The number of esters is 1. The summed E-state index contributed by atoms with van der Waals surface area (Å²) in [6.07, 6.45) is 3.92. The maximum absolute atomic E-state index is 12.4. The van der Waals surface area contributed by atoms with E-state index in [-0.39, 0.29) is 17.6 Å². The summed E-state index contributed by atoms with van der Waals surface area (Å²) in [4.78, 5) is 32.6. The second-order valence-corrected chi connectivity index (χ2v) is 6.25. The highest BCUT2D eigenvalue weighted by atomic mass is 16.6. The summed E-state index contributed by atoms with van der Waals surface area (Å²) < 4.78 is 15.6. The fourth-order valence-electron chi connectivity index (χ4n) is 2.58. The van der Waals surface area contributed by atoms with Crippen molar-refractivity contribution in [2.24, 2.45) is 0 Å². The zero-order chi connectivity index (χ0) is 20.9. The van der Waals surface area contributed by atoms with Crippen LogP contribution in [0.5, 0.6) is 0 Å². The number of carbonyl (C=O) groups is 2. The fourth-order valence-corrected chi connectivity index (χ4v) is 2.58. The SMILES string of the molecule is C[C@@H](OC(=O)c1ccc(NC(=O)c2ccco2)cc1)c1nc(-c2cccnc2)no1. The summed E-state index contributed by atoms with van der Waals surface area (Å²) in [5.41, 5.74) is 1.52. The van der Waals surface area contributed by atoms with E-state index >= 15 is 0 Å². The standard InChI is InChI=1S/C21H16N4O5/c1-13(20-24-18(25-30-20)15-4-2-10-22-12-15)29-21(27)14-6-8-16(9-7-14)23-19(26)17-5-3-11-28-17/h2-13H,1H3,(H,23,26)/t13-/m1/s1. The number of hydrogen-bond acceptors (Lipinski definition) is 8. The molecular formula is C21H16N4O5. The topological polar surface area (TPSA) is 120 Å². The highest BCUT2D eigenvalue weighted by molar-refractivity contribution is 6.02. The molecular weight excluding hydrogens is 388 g/mol. The largest absolute Gasteiger partial charge is 0.459 e. The molecule has 0 saturated heterocycles.